The molecular formula is C6H4FN3O. The van der Waals surface area contributed by atoms with Gasteiger partial charge in [0.1, 0.15) is 6.20 Å². The number of aromatic nitrogens is 3. The second kappa shape index (κ2) is 1.91. The van der Waals surface area contributed by atoms with E-state index in [1.54, 1.807) is 0 Å². The summed E-state index contributed by atoms with van der Waals surface area (Å²) in [5.74, 6) is -0.561. The van der Waals surface area contributed by atoms with Crippen LogP contribution in [0, 0.1) is 11.0 Å². The van der Waals surface area contributed by atoms with Crippen LogP contribution in [0.1, 0.15) is 0 Å². The van der Waals surface area contributed by atoms with Crippen molar-refractivity contribution >= 4 is 11.0 Å². The molecule has 0 fully saturated rings. The van der Waals surface area contributed by atoms with Gasteiger partial charge in [0.05, 0.1) is 11.6 Å². The van der Waals surface area contributed by atoms with E-state index < -0.39 is 5.82 Å². The van der Waals surface area contributed by atoms with Crippen molar-refractivity contribution in [3.05, 3.63) is 29.5 Å². The molecule has 0 unspecified atom stereocenters. The number of rotatable bonds is 0. The largest absolute Gasteiger partial charge is 0.710 e. The third-order valence-corrected chi connectivity index (χ3v) is 1.40. The number of hydrogen-bond acceptors (Lipinski definition) is 2. The molecule has 2 aromatic rings. The van der Waals surface area contributed by atoms with Gasteiger partial charge in [-0.3, -0.25) is 0 Å². The van der Waals surface area contributed by atoms with Crippen LogP contribution in [0.4, 0.5) is 4.39 Å². The molecule has 0 aliphatic heterocycles. The molecule has 5 heteroatoms. The van der Waals surface area contributed by atoms with E-state index >= 15 is 0 Å². The first-order valence-corrected chi connectivity index (χ1v) is 2.99. The predicted molar refractivity (Wildman–Crippen MR) is 35.0 cm³/mol. The molecule has 0 saturated carbocycles. The Morgan fingerprint density at radius 2 is 2.45 bits per heavy atom. The SMILES string of the molecule is [O-][n+]1cc(F)cc2cn[nH]c21. The number of aromatic amines is 1. The first-order valence-electron chi connectivity index (χ1n) is 2.99. The van der Waals surface area contributed by atoms with Gasteiger partial charge in [0.25, 0.3) is 0 Å². The number of nitrogens with one attached hydrogen (secondary N) is 1. The van der Waals surface area contributed by atoms with Gasteiger partial charge in [-0.05, 0) is 6.07 Å². The summed E-state index contributed by atoms with van der Waals surface area (Å²) in [6.07, 6.45) is 2.24. The second-order valence-electron chi connectivity index (χ2n) is 2.16. The van der Waals surface area contributed by atoms with E-state index in [4.69, 9.17) is 0 Å². The quantitative estimate of drug-likeness (QED) is 0.438. The van der Waals surface area contributed by atoms with Gasteiger partial charge in [0.15, 0.2) is 5.82 Å². The Labute approximate surface area is 60.9 Å². The standard InChI is InChI=1S/C6H4FN3O/c7-5-1-4-2-8-9-6(4)10(11)3-5/h1-3H,(H,8,9). The summed E-state index contributed by atoms with van der Waals surface area (Å²) in [7, 11) is 0. The van der Waals surface area contributed by atoms with Crippen molar-refractivity contribution in [2.45, 2.75) is 0 Å². The third kappa shape index (κ3) is 0.813. The van der Waals surface area contributed by atoms with Gasteiger partial charge in [-0.2, -0.15) is 0 Å². The zero-order valence-electron chi connectivity index (χ0n) is 5.41. The molecule has 0 aromatic carbocycles. The smallest absolute Gasteiger partial charge is 0.311 e. The van der Waals surface area contributed by atoms with E-state index in [1.807, 2.05) is 0 Å². The zero-order valence-corrected chi connectivity index (χ0v) is 5.41. The average molecular weight is 153 g/mol. The molecule has 0 aliphatic carbocycles. The van der Waals surface area contributed by atoms with Crippen LogP contribution in [0.25, 0.3) is 11.0 Å². The van der Waals surface area contributed by atoms with Crippen LogP contribution in [0.3, 0.4) is 0 Å². The van der Waals surface area contributed by atoms with Gasteiger partial charge in [-0.25, -0.2) is 9.12 Å². The summed E-state index contributed by atoms with van der Waals surface area (Å²) in [4.78, 5) is 0. The molecule has 2 aromatic heterocycles. The maximum Gasteiger partial charge on any atom is 0.311 e. The Balaban J connectivity index is 2.91. The molecule has 1 N–H and O–H groups in total. The highest BCUT2D eigenvalue weighted by Gasteiger charge is 2.05. The topological polar surface area (TPSA) is 55.6 Å². The summed E-state index contributed by atoms with van der Waals surface area (Å²) in [6, 6.07) is 1.24. The van der Waals surface area contributed by atoms with Crippen LogP contribution in [-0.2, 0) is 0 Å². The van der Waals surface area contributed by atoms with Crippen LogP contribution in [0.2, 0.25) is 0 Å². The molecule has 0 aliphatic rings. The summed E-state index contributed by atoms with van der Waals surface area (Å²) in [5.41, 5.74) is 0.270. The Hall–Kier alpha value is -1.65. The lowest BCUT2D eigenvalue weighted by Gasteiger charge is -1.99. The number of pyridine rings is 1. The fraction of sp³-hybridized carbons (Fsp3) is 0. The van der Waals surface area contributed by atoms with E-state index in [0.29, 0.717) is 10.1 Å². The summed E-state index contributed by atoms with van der Waals surface area (Å²) in [5, 5.41) is 17.4. The molecule has 0 amide bonds. The molecular weight excluding hydrogens is 149 g/mol. The monoisotopic (exact) mass is 153 g/mol. The minimum absolute atomic E-state index is 0.270. The Bertz CT molecular complexity index is 398. The summed E-state index contributed by atoms with van der Waals surface area (Å²) < 4.78 is 12.9. The number of halogens is 1. The average Bonchev–Trinajstić information content (AvgIpc) is 2.34. The van der Waals surface area contributed by atoms with Crippen molar-refractivity contribution in [2.75, 3.05) is 0 Å². The van der Waals surface area contributed by atoms with Gasteiger partial charge in [0.2, 0.25) is 0 Å². The molecule has 0 saturated heterocycles. The lowest BCUT2D eigenvalue weighted by molar-refractivity contribution is -0.580. The molecule has 11 heavy (non-hydrogen) atoms. The maximum atomic E-state index is 12.5. The van der Waals surface area contributed by atoms with E-state index in [1.165, 1.54) is 12.3 Å². The highest BCUT2D eigenvalue weighted by Crippen LogP contribution is 2.05. The van der Waals surface area contributed by atoms with E-state index in [0.717, 1.165) is 6.20 Å². The van der Waals surface area contributed by atoms with Gasteiger partial charge in [0, 0.05) is 0 Å². The van der Waals surface area contributed by atoms with Crippen LogP contribution >= 0.6 is 0 Å². The van der Waals surface area contributed by atoms with Crippen LogP contribution < -0.4 is 4.73 Å². The Morgan fingerprint density at radius 1 is 1.64 bits per heavy atom. The molecule has 0 bridgehead atoms. The minimum atomic E-state index is -0.561. The van der Waals surface area contributed by atoms with Gasteiger partial charge >= 0.3 is 5.65 Å². The fourth-order valence-electron chi connectivity index (χ4n) is 0.933. The highest BCUT2D eigenvalue weighted by molar-refractivity contribution is 5.70. The Morgan fingerprint density at radius 3 is 3.27 bits per heavy atom. The van der Waals surface area contributed by atoms with Crippen molar-refractivity contribution in [3.8, 4) is 0 Å². The van der Waals surface area contributed by atoms with Crippen LogP contribution in [-0.4, -0.2) is 10.2 Å². The molecule has 0 atom stereocenters. The number of fused-ring (bicyclic) bond motifs is 1. The van der Waals surface area contributed by atoms with Crippen molar-refractivity contribution < 1.29 is 9.12 Å². The molecule has 4 nitrogen and oxygen atoms in total. The van der Waals surface area contributed by atoms with E-state index in [2.05, 4.69) is 10.2 Å². The number of nitrogens with zero attached hydrogens (tertiary/aromatic N) is 2. The van der Waals surface area contributed by atoms with Crippen LogP contribution in [0.5, 0.6) is 0 Å². The van der Waals surface area contributed by atoms with Crippen molar-refractivity contribution in [1.82, 2.24) is 10.2 Å². The van der Waals surface area contributed by atoms with Crippen molar-refractivity contribution in [1.29, 1.82) is 0 Å². The minimum Gasteiger partial charge on any atom is -0.710 e. The first-order chi connectivity index (χ1) is 5.27. The fourth-order valence-corrected chi connectivity index (χ4v) is 0.933. The molecule has 0 spiro atoms. The number of H-pyrrole nitrogens is 1. The first kappa shape index (κ1) is 6.09. The predicted octanol–water partition coefficient (Wildman–Crippen LogP) is 0.335. The second-order valence-corrected chi connectivity index (χ2v) is 2.16. The molecule has 0 radical (unpaired) electrons. The van der Waals surface area contributed by atoms with Gasteiger partial charge in [-0.15, -0.1) is 5.10 Å². The lowest BCUT2D eigenvalue weighted by atomic mass is 10.3. The van der Waals surface area contributed by atoms with Gasteiger partial charge < -0.3 is 5.21 Å². The van der Waals surface area contributed by atoms with Crippen molar-refractivity contribution in [3.63, 3.8) is 0 Å². The van der Waals surface area contributed by atoms with Crippen LogP contribution in [0.15, 0.2) is 18.5 Å². The van der Waals surface area contributed by atoms with Gasteiger partial charge in [-0.1, -0.05) is 5.10 Å². The third-order valence-electron chi connectivity index (χ3n) is 1.40. The number of hydrogen-bond donors (Lipinski definition) is 1. The highest BCUT2D eigenvalue weighted by atomic mass is 19.1. The van der Waals surface area contributed by atoms with Crippen molar-refractivity contribution in [2.24, 2.45) is 0 Å². The summed E-state index contributed by atoms with van der Waals surface area (Å²) in [6.45, 7) is 0. The van der Waals surface area contributed by atoms with E-state index in [9.17, 15) is 9.60 Å². The molecule has 2 heterocycles. The maximum absolute atomic E-state index is 12.5. The normalized spacial score (nSPS) is 10.6. The Kier molecular flexibility index (Phi) is 1.06. The zero-order chi connectivity index (χ0) is 7.84. The molecule has 2 rings (SSSR count). The molecule has 56 valence electrons. The van der Waals surface area contributed by atoms with E-state index in [-0.39, 0.29) is 5.65 Å². The summed E-state index contributed by atoms with van der Waals surface area (Å²) >= 11 is 0. The lowest BCUT2D eigenvalue weighted by Crippen LogP contribution is -2.27.